The van der Waals surface area contributed by atoms with Crippen molar-refractivity contribution >= 4 is 23.3 Å². The molecule has 2 aromatic rings. The molecular weight excluding hydrogens is 344 g/mol. The summed E-state index contributed by atoms with van der Waals surface area (Å²) < 4.78 is 5.75. The lowest BCUT2D eigenvalue weighted by Crippen LogP contribution is -2.19. The van der Waals surface area contributed by atoms with Gasteiger partial charge >= 0.3 is 5.97 Å². The van der Waals surface area contributed by atoms with Gasteiger partial charge in [-0.3, -0.25) is 4.79 Å². The highest BCUT2D eigenvalue weighted by atomic mass is 16.5. The van der Waals surface area contributed by atoms with Crippen LogP contribution in [0, 0.1) is 0 Å². The summed E-state index contributed by atoms with van der Waals surface area (Å²) >= 11 is 0. The summed E-state index contributed by atoms with van der Waals surface area (Å²) in [6.45, 7) is 3.20. The van der Waals surface area contributed by atoms with Gasteiger partial charge in [-0.1, -0.05) is 12.2 Å². The Morgan fingerprint density at radius 1 is 0.852 bits per heavy atom. The third-order valence-corrected chi connectivity index (χ3v) is 3.83. The third-order valence-electron chi connectivity index (χ3n) is 3.83. The zero-order valence-corrected chi connectivity index (χ0v) is 15.4. The lowest BCUT2D eigenvalue weighted by molar-refractivity contribution is -0.132. The molecule has 6 heteroatoms. The molecular formula is C21H22N2O4. The summed E-state index contributed by atoms with van der Waals surface area (Å²) in [6, 6.07) is 14.4. The predicted molar refractivity (Wildman–Crippen MR) is 106 cm³/mol. The maximum absolute atomic E-state index is 12.4. The molecule has 0 bridgehead atoms. The Labute approximate surface area is 158 Å². The van der Waals surface area contributed by atoms with Crippen molar-refractivity contribution in [1.29, 1.82) is 0 Å². The van der Waals surface area contributed by atoms with Crippen LogP contribution in [0.4, 0.5) is 11.4 Å². The van der Waals surface area contributed by atoms with Gasteiger partial charge in [0.25, 0.3) is 5.91 Å². The van der Waals surface area contributed by atoms with Gasteiger partial charge in [-0.15, -0.1) is 0 Å². The van der Waals surface area contributed by atoms with Gasteiger partial charge in [0.2, 0.25) is 0 Å². The molecule has 3 N–H and O–H groups in total. The van der Waals surface area contributed by atoms with Crippen LogP contribution >= 0.6 is 0 Å². The standard InChI is InChI=1S/C21H22N2O4/c1-4-18(19(5-2)21(25)26)20(24)23-15-8-12-17(13-9-15)27-16-10-6-14(22-3)7-11-16/h4-13,22H,1-3H3,(H,23,24)(H,25,26)/b18-4+,19-5+. The molecule has 0 unspecified atom stereocenters. The number of hydrogen-bond donors (Lipinski definition) is 3. The molecule has 140 valence electrons. The number of carboxylic acid groups (broad SMARTS) is 1. The molecule has 2 aromatic carbocycles. The van der Waals surface area contributed by atoms with Crippen LogP contribution in [0.15, 0.2) is 71.8 Å². The summed E-state index contributed by atoms with van der Waals surface area (Å²) in [5.41, 5.74) is 1.59. The van der Waals surface area contributed by atoms with Crippen molar-refractivity contribution < 1.29 is 19.4 Å². The van der Waals surface area contributed by atoms with E-state index in [9.17, 15) is 14.7 Å². The minimum absolute atomic E-state index is 0.0417. The zero-order valence-electron chi connectivity index (χ0n) is 15.4. The molecule has 0 aliphatic carbocycles. The summed E-state index contributed by atoms with van der Waals surface area (Å²) in [7, 11) is 1.84. The Morgan fingerprint density at radius 3 is 1.74 bits per heavy atom. The topological polar surface area (TPSA) is 87.7 Å². The molecule has 0 radical (unpaired) electrons. The van der Waals surface area contributed by atoms with E-state index in [1.54, 1.807) is 38.1 Å². The number of carboxylic acids is 1. The molecule has 2 rings (SSSR count). The quantitative estimate of drug-likeness (QED) is 0.498. The number of aliphatic carboxylic acids is 1. The number of nitrogens with one attached hydrogen (secondary N) is 2. The molecule has 0 fully saturated rings. The molecule has 0 spiro atoms. The minimum Gasteiger partial charge on any atom is -0.478 e. The van der Waals surface area contributed by atoms with Crippen LogP contribution in [-0.2, 0) is 9.59 Å². The normalized spacial score (nSPS) is 11.7. The number of carbonyl (C=O) groups is 2. The second-order valence-electron chi connectivity index (χ2n) is 5.56. The fourth-order valence-electron chi connectivity index (χ4n) is 2.43. The highest BCUT2D eigenvalue weighted by Crippen LogP contribution is 2.24. The van der Waals surface area contributed by atoms with E-state index in [4.69, 9.17) is 4.74 Å². The summed E-state index contributed by atoms with van der Waals surface area (Å²) in [6.07, 6.45) is 2.87. The average Bonchev–Trinajstić information content (AvgIpc) is 2.67. The molecule has 0 atom stereocenters. The van der Waals surface area contributed by atoms with Gasteiger partial charge in [-0.25, -0.2) is 4.79 Å². The van der Waals surface area contributed by atoms with E-state index in [-0.39, 0.29) is 11.1 Å². The number of allylic oxidation sites excluding steroid dienone is 2. The van der Waals surface area contributed by atoms with Gasteiger partial charge in [-0.2, -0.15) is 0 Å². The van der Waals surface area contributed by atoms with E-state index in [0.29, 0.717) is 17.2 Å². The number of anilines is 2. The van der Waals surface area contributed by atoms with Crippen LogP contribution in [0.5, 0.6) is 11.5 Å². The molecule has 0 saturated heterocycles. The van der Waals surface area contributed by atoms with Crippen molar-refractivity contribution in [3.8, 4) is 11.5 Å². The van der Waals surface area contributed by atoms with Crippen LogP contribution < -0.4 is 15.4 Å². The highest BCUT2D eigenvalue weighted by molar-refractivity contribution is 6.13. The number of amides is 1. The van der Waals surface area contributed by atoms with Crippen molar-refractivity contribution in [2.45, 2.75) is 13.8 Å². The Kier molecular flexibility index (Phi) is 6.77. The van der Waals surface area contributed by atoms with Gasteiger partial charge in [-0.05, 0) is 62.4 Å². The Morgan fingerprint density at radius 2 is 1.33 bits per heavy atom. The van der Waals surface area contributed by atoms with Gasteiger partial charge < -0.3 is 20.5 Å². The van der Waals surface area contributed by atoms with Crippen LogP contribution in [0.1, 0.15) is 13.8 Å². The lowest BCUT2D eigenvalue weighted by atomic mass is 10.1. The number of hydrogen-bond acceptors (Lipinski definition) is 4. The van der Waals surface area contributed by atoms with Crippen LogP contribution in [0.25, 0.3) is 0 Å². The Balaban J connectivity index is 2.06. The summed E-state index contributed by atoms with van der Waals surface area (Å²) in [4.78, 5) is 23.6. The number of rotatable bonds is 7. The molecule has 0 aliphatic heterocycles. The Hall–Kier alpha value is -3.54. The van der Waals surface area contributed by atoms with Crippen molar-refractivity contribution in [3.05, 3.63) is 71.8 Å². The lowest BCUT2D eigenvalue weighted by Gasteiger charge is -2.11. The van der Waals surface area contributed by atoms with Crippen molar-refractivity contribution in [2.75, 3.05) is 17.7 Å². The Bertz CT molecular complexity index is 866. The van der Waals surface area contributed by atoms with Crippen LogP contribution in [0.3, 0.4) is 0 Å². The van der Waals surface area contributed by atoms with Gasteiger partial charge in [0, 0.05) is 24.0 Å². The molecule has 6 nitrogen and oxygen atoms in total. The van der Waals surface area contributed by atoms with Gasteiger partial charge in [0.1, 0.15) is 11.5 Å². The van der Waals surface area contributed by atoms with Crippen LogP contribution in [-0.4, -0.2) is 24.0 Å². The first kappa shape index (κ1) is 19.8. The molecule has 0 saturated carbocycles. The highest BCUT2D eigenvalue weighted by Gasteiger charge is 2.18. The first-order chi connectivity index (χ1) is 13.0. The fraction of sp³-hybridized carbons (Fsp3) is 0.143. The van der Waals surface area contributed by atoms with E-state index in [1.807, 2.05) is 31.3 Å². The predicted octanol–water partition coefficient (Wildman–Crippen LogP) is 4.44. The van der Waals surface area contributed by atoms with Crippen molar-refractivity contribution in [1.82, 2.24) is 0 Å². The number of benzene rings is 2. The number of carbonyl (C=O) groups excluding carboxylic acids is 1. The first-order valence-electron chi connectivity index (χ1n) is 8.41. The van der Waals surface area contributed by atoms with Crippen LogP contribution in [0.2, 0.25) is 0 Å². The molecule has 1 amide bonds. The van der Waals surface area contributed by atoms with E-state index < -0.39 is 11.9 Å². The largest absolute Gasteiger partial charge is 0.478 e. The zero-order chi connectivity index (χ0) is 19.8. The van der Waals surface area contributed by atoms with E-state index >= 15 is 0 Å². The first-order valence-corrected chi connectivity index (χ1v) is 8.41. The maximum Gasteiger partial charge on any atom is 0.336 e. The van der Waals surface area contributed by atoms with E-state index in [1.165, 1.54) is 12.2 Å². The fourth-order valence-corrected chi connectivity index (χ4v) is 2.43. The monoisotopic (exact) mass is 366 g/mol. The second-order valence-corrected chi connectivity index (χ2v) is 5.56. The van der Waals surface area contributed by atoms with Gasteiger partial charge in [0.15, 0.2) is 0 Å². The maximum atomic E-state index is 12.4. The van der Waals surface area contributed by atoms with E-state index in [2.05, 4.69) is 10.6 Å². The molecule has 27 heavy (non-hydrogen) atoms. The smallest absolute Gasteiger partial charge is 0.336 e. The summed E-state index contributed by atoms with van der Waals surface area (Å²) in [5.74, 6) is -0.310. The minimum atomic E-state index is -1.14. The van der Waals surface area contributed by atoms with Crippen molar-refractivity contribution in [3.63, 3.8) is 0 Å². The average molecular weight is 366 g/mol. The van der Waals surface area contributed by atoms with Crippen molar-refractivity contribution in [2.24, 2.45) is 0 Å². The third kappa shape index (κ3) is 5.22. The van der Waals surface area contributed by atoms with Gasteiger partial charge in [0.05, 0.1) is 5.57 Å². The molecule has 0 aliphatic rings. The SMILES string of the molecule is C/C=C(C(=O)O)\C(=C/C)C(=O)Nc1ccc(Oc2ccc(NC)cc2)cc1. The van der Waals surface area contributed by atoms with E-state index in [0.717, 1.165) is 5.69 Å². The second kappa shape index (κ2) is 9.24. The molecule has 0 heterocycles. The number of ether oxygens (including phenoxy) is 1. The summed E-state index contributed by atoms with van der Waals surface area (Å²) in [5, 5.41) is 14.9. The molecule has 0 aromatic heterocycles.